The summed E-state index contributed by atoms with van der Waals surface area (Å²) < 4.78 is 3.27. The van der Waals surface area contributed by atoms with Gasteiger partial charge >= 0.3 is 0 Å². The average Bonchev–Trinajstić information content (AvgIpc) is 2.28. The summed E-state index contributed by atoms with van der Waals surface area (Å²) >= 11 is 3.49. The van der Waals surface area contributed by atoms with Crippen molar-refractivity contribution in [2.24, 2.45) is 0 Å². The molecule has 2 rings (SSSR count). The molecule has 72 valence electrons. The molecule has 1 saturated carbocycles. The Hall–Kier alpha value is -0.310. The molecule has 0 aliphatic heterocycles. The van der Waals surface area contributed by atoms with Gasteiger partial charge in [0.15, 0.2) is 4.73 Å². The molecule has 0 unspecified atom stereocenters. The van der Waals surface area contributed by atoms with Crippen molar-refractivity contribution < 1.29 is 0 Å². The van der Waals surface area contributed by atoms with Gasteiger partial charge < -0.3 is 4.57 Å². The van der Waals surface area contributed by atoms with Crippen LogP contribution >= 0.6 is 15.9 Å². The van der Waals surface area contributed by atoms with Gasteiger partial charge in [-0.05, 0) is 42.6 Å². The number of nitrogens with zero attached hydrogens (tertiary/aromatic N) is 2. The molecule has 0 radical (unpaired) electrons. The molecule has 0 aromatic carbocycles. The normalized spacial score (nSPS) is 17.8. The van der Waals surface area contributed by atoms with Crippen molar-refractivity contribution in [2.75, 3.05) is 0 Å². The van der Waals surface area contributed by atoms with Gasteiger partial charge in [-0.25, -0.2) is 4.98 Å². The van der Waals surface area contributed by atoms with E-state index in [9.17, 15) is 0 Å². The highest BCUT2D eigenvalue weighted by Crippen LogP contribution is 2.38. The lowest BCUT2D eigenvalue weighted by atomic mass is 9.83. The molecule has 1 aliphatic carbocycles. The minimum Gasteiger partial charge on any atom is -0.320 e. The fourth-order valence-corrected chi connectivity index (χ4v) is 2.58. The van der Waals surface area contributed by atoms with Crippen molar-refractivity contribution in [3.05, 3.63) is 16.6 Å². The Kier molecular flexibility index (Phi) is 2.45. The number of hydrogen-bond donors (Lipinski definition) is 0. The van der Waals surface area contributed by atoms with Gasteiger partial charge in [-0.2, -0.15) is 0 Å². The van der Waals surface area contributed by atoms with Crippen LogP contribution in [0.3, 0.4) is 0 Å². The predicted molar refractivity (Wildman–Crippen MR) is 56.9 cm³/mol. The van der Waals surface area contributed by atoms with Gasteiger partial charge in [-0.15, -0.1) is 0 Å². The van der Waals surface area contributed by atoms with Crippen molar-refractivity contribution in [3.8, 4) is 0 Å². The SMILES string of the molecule is CC(C)n1c(C2CCC2)cnc1Br. The van der Waals surface area contributed by atoms with E-state index >= 15 is 0 Å². The van der Waals surface area contributed by atoms with Gasteiger partial charge in [0, 0.05) is 23.9 Å². The summed E-state index contributed by atoms with van der Waals surface area (Å²) in [5.74, 6) is 0.765. The molecule has 13 heavy (non-hydrogen) atoms. The first-order chi connectivity index (χ1) is 6.20. The zero-order valence-electron chi connectivity index (χ0n) is 8.13. The van der Waals surface area contributed by atoms with Gasteiger partial charge in [-0.3, -0.25) is 0 Å². The van der Waals surface area contributed by atoms with Crippen LogP contribution in [0.4, 0.5) is 0 Å². The standard InChI is InChI=1S/C10H15BrN2/c1-7(2)13-9(6-12-10(13)11)8-4-3-5-8/h6-8H,3-5H2,1-2H3. The summed E-state index contributed by atoms with van der Waals surface area (Å²) in [5, 5.41) is 0. The van der Waals surface area contributed by atoms with Crippen LogP contribution in [0.15, 0.2) is 10.9 Å². The Bertz CT molecular complexity index is 300. The Labute approximate surface area is 87.5 Å². The second-order valence-corrected chi connectivity index (χ2v) is 4.75. The molecular weight excluding hydrogens is 228 g/mol. The molecule has 1 aromatic rings. The first-order valence-corrected chi connectivity index (χ1v) is 5.72. The summed E-state index contributed by atoms with van der Waals surface area (Å²) in [6, 6.07) is 0.507. The lowest BCUT2D eigenvalue weighted by molar-refractivity contribution is 0.386. The van der Waals surface area contributed by atoms with Gasteiger partial charge in [0.25, 0.3) is 0 Å². The van der Waals surface area contributed by atoms with Crippen LogP contribution in [0, 0.1) is 0 Å². The lowest BCUT2D eigenvalue weighted by Crippen LogP contribution is -2.15. The van der Waals surface area contributed by atoms with Crippen LogP contribution in [-0.4, -0.2) is 9.55 Å². The fourth-order valence-electron chi connectivity index (χ4n) is 1.87. The Morgan fingerprint density at radius 1 is 1.54 bits per heavy atom. The van der Waals surface area contributed by atoms with E-state index in [1.165, 1.54) is 25.0 Å². The van der Waals surface area contributed by atoms with Crippen LogP contribution < -0.4 is 0 Å². The zero-order chi connectivity index (χ0) is 9.42. The zero-order valence-corrected chi connectivity index (χ0v) is 9.71. The van der Waals surface area contributed by atoms with Crippen molar-refractivity contribution in [1.82, 2.24) is 9.55 Å². The number of halogens is 1. The third kappa shape index (κ3) is 1.54. The molecule has 3 heteroatoms. The quantitative estimate of drug-likeness (QED) is 0.777. The van der Waals surface area contributed by atoms with E-state index in [0.29, 0.717) is 6.04 Å². The third-order valence-electron chi connectivity index (χ3n) is 2.82. The van der Waals surface area contributed by atoms with Crippen molar-refractivity contribution >= 4 is 15.9 Å². The number of imidazole rings is 1. The first-order valence-electron chi connectivity index (χ1n) is 4.92. The molecular formula is C10H15BrN2. The summed E-state index contributed by atoms with van der Waals surface area (Å²) in [6.45, 7) is 4.41. The molecule has 0 bridgehead atoms. The third-order valence-corrected chi connectivity index (χ3v) is 3.41. The van der Waals surface area contributed by atoms with Crippen LogP contribution in [-0.2, 0) is 0 Å². The maximum Gasteiger partial charge on any atom is 0.177 e. The van der Waals surface area contributed by atoms with E-state index in [1.54, 1.807) is 0 Å². The molecule has 0 atom stereocenters. The summed E-state index contributed by atoms with van der Waals surface area (Å²) in [4.78, 5) is 4.32. The van der Waals surface area contributed by atoms with E-state index < -0.39 is 0 Å². The highest BCUT2D eigenvalue weighted by atomic mass is 79.9. The Morgan fingerprint density at radius 3 is 2.69 bits per heavy atom. The van der Waals surface area contributed by atoms with E-state index in [1.807, 2.05) is 6.20 Å². The molecule has 1 aliphatic rings. The molecule has 0 amide bonds. The van der Waals surface area contributed by atoms with E-state index in [0.717, 1.165) is 10.7 Å². The van der Waals surface area contributed by atoms with Gasteiger partial charge in [0.05, 0.1) is 0 Å². The Balaban J connectivity index is 2.33. The Morgan fingerprint density at radius 2 is 2.23 bits per heavy atom. The molecule has 1 fully saturated rings. The van der Waals surface area contributed by atoms with Crippen LogP contribution in [0.1, 0.15) is 50.8 Å². The molecule has 1 heterocycles. The summed E-state index contributed by atoms with van der Waals surface area (Å²) in [7, 11) is 0. The van der Waals surface area contributed by atoms with Crippen molar-refractivity contribution in [2.45, 2.75) is 45.1 Å². The lowest BCUT2D eigenvalue weighted by Gasteiger charge is -2.27. The fraction of sp³-hybridized carbons (Fsp3) is 0.700. The van der Waals surface area contributed by atoms with Crippen molar-refractivity contribution in [3.63, 3.8) is 0 Å². The van der Waals surface area contributed by atoms with Gasteiger partial charge in [0.1, 0.15) is 0 Å². The van der Waals surface area contributed by atoms with Gasteiger partial charge in [-0.1, -0.05) is 6.42 Å². The number of rotatable bonds is 2. The van der Waals surface area contributed by atoms with E-state index in [4.69, 9.17) is 0 Å². The molecule has 0 spiro atoms. The minimum absolute atomic E-state index is 0.507. The topological polar surface area (TPSA) is 17.8 Å². The summed E-state index contributed by atoms with van der Waals surface area (Å²) in [5.41, 5.74) is 1.41. The second kappa shape index (κ2) is 3.45. The largest absolute Gasteiger partial charge is 0.320 e. The molecule has 2 nitrogen and oxygen atoms in total. The highest BCUT2D eigenvalue weighted by molar-refractivity contribution is 9.10. The van der Waals surface area contributed by atoms with E-state index in [-0.39, 0.29) is 0 Å². The minimum atomic E-state index is 0.507. The number of aromatic nitrogens is 2. The van der Waals surface area contributed by atoms with E-state index in [2.05, 4.69) is 39.3 Å². The molecule has 0 N–H and O–H groups in total. The van der Waals surface area contributed by atoms with Crippen LogP contribution in [0.2, 0.25) is 0 Å². The second-order valence-electron chi connectivity index (χ2n) is 4.04. The molecule has 0 saturated heterocycles. The van der Waals surface area contributed by atoms with Crippen LogP contribution in [0.5, 0.6) is 0 Å². The summed E-state index contributed by atoms with van der Waals surface area (Å²) in [6.07, 6.45) is 6.08. The smallest absolute Gasteiger partial charge is 0.177 e. The number of hydrogen-bond acceptors (Lipinski definition) is 1. The molecule has 1 aromatic heterocycles. The van der Waals surface area contributed by atoms with Gasteiger partial charge in [0.2, 0.25) is 0 Å². The van der Waals surface area contributed by atoms with Crippen LogP contribution in [0.25, 0.3) is 0 Å². The maximum atomic E-state index is 4.32. The predicted octanol–water partition coefficient (Wildman–Crippen LogP) is 3.49. The maximum absolute atomic E-state index is 4.32. The monoisotopic (exact) mass is 242 g/mol. The van der Waals surface area contributed by atoms with Crippen molar-refractivity contribution in [1.29, 1.82) is 0 Å². The first kappa shape index (κ1) is 9.25. The average molecular weight is 243 g/mol. The highest BCUT2D eigenvalue weighted by Gasteiger charge is 2.24.